The van der Waals surface area contributed by atoms with Crippen LogP contribution in [0.5, 0.6) is 11.5 Å². The number of nitro benzene ring substituents is 1. The van der Waals surface area contributed by atoms with Crippen LogP contribution in [0.3, 0.4) is 0 Å². The lowest BCUT2D eigenvalue weighted by molar-refractivity contribution is -0.384. The summed E-state index contributed by atoms with van der Waals surface area (Å²) >= 11 is 6.06. The van der Waals surface area contributed by atoms with Gasteiger partial charge in [0, 0.05) is 36.6 Å². The molecule has 0 atom stereocenters. The first-order valence-electron chi connectivity index (χ1n) is 10.2. The van der Waals surface area contributed by atoms with E-state index in [0.717, 1.165) is 17.4 Å². The molecule has 9 heteroatoms. The Labute approximate surface area is 200 Å². The molecule has 170 valence electrons. The lowest BCUT2D eigenvalue weighted by Gasteiger charge is -2.11. The summed E-state index contributed by atoms with van der Waals surface area (Å²) in [5, 5.41) is 17.0. The van der Waals surface area contributed by atoms with Crippen molar-refractivity contribution < 1.29 is 14.5 Å². The average Bonchev–Trinajstić information content (AvgIpc) is 2.84. The van der Waals surface area contributed by atoms with Crippen LogP contribution < -0.4 is 15.4 Å². The molecule has 0 spiro atoms. The fourth-order valence-electron chi connectivity index (χ4n) is 3.14. The Morgan fingerprint density at radius 3 is 2.56 bits per heavy atom. The van der Waals surface area contributed by atoms with Gasteiger partial charge < -0.3 is 15.4 Å². The molecule has 0 aliphatic carbocycles. The fraction of sp³-hybridized carbons (Fsp3) is 0.0400. The minimum absolute atomic E-state index is 0.0115. The molecule has 0 aliphatic rings. The number of halogens is 1. The van der Waals surface area contributed by atoms with Crippen molar-refractivity contribution in [3.63, 3.8) is 0 Å². The highest BCUT2D eigenvalue weighted by Gasteiger charge is 2.16. The number of nitrogens with one attached hydrogen (secondary N) is 2. The number of nitro groups is 1. The zero-order valence-electron chi connectivity index (χ0n) is 17.8. The molecule has 8 nitrogen and oxygen atoms in total. The molecule has 34 heavy (non-hydrogen) atoms. The third-order valence-electron chi connectivity index (χ3n) is 4.77. The highest BCUT2D eigenvalue weighted by molar-refractivity contribution is 6.34. The number of non-ortho nitro benzene ring substituents is 1. The number of hydrogen-bond acceptors (Lipinski definition) is 6. The first kappa shape index (κ1) is 22.8. The van der Waals surface area contributed by atoms with Crippen molar-refractivity contribution >= 4 is 34.7 Å². The SMILES string of the molecule is O=C(Nc1ccnc(NCc2cccc(Oc3ccccc3)c2)c1)c1cc([N+](=O)[O-])ccc1Cl. The van der Waals surface area contributed by atoms with Gasteiger partial charge in [-0.25, -0.2) is 4.98 Å². The van der Waals surface area contributed by atoms with Crippen LogP contribution in [0.25, 0.3) is 0 Å². The smallest absolute Gasteiger partial charge is 0.270 e. The van der Waals surface area contributed by atoms with Gasteiger partial charge in [-0.2, -0.15) is 0 Å². The number of pyridine rings is 1. The van der Waals surface area contributed by atoms with Gasteiger partial charge in [-0.15, -0.1) is 0 Å². The van der Waals surface area contributed by atoms with E-state index < -0.39 is 10.8 Å². The molecule has 0 radical (unpaired) electrons. The van der Waals surface area contributed by atoms with Crippen molar-refractivity contribution in [2.24, 2.45) is 0 Å². The minimum Gasteiger partial charge on any atom is -0.457 e. The first-order valence-corrected chi connectivity index (χ1v) is 10.6. The normalized spacial score (nSPS) is 10.4. The van der Waals surface area contributed by atoms with Gasteiger partial charge in [0.15, 0.2) is 0 Å². The molecule has 2 N–H and O–H groups in total. The minimum atomic E-state index is -0.582. The van der Waals surface area contributed by atoms with Crippen molar-refractivity contribution in [2.75, 3.05) is 10.6 Å². The quantitative estimate of drug-likeness (QED) is 0.229. The molecule has 1 amide bonds. The molecular weight excluding hydrogens is 456 g/mol. The van der Waals surface area contributed by atoms with Gasteiger partial charge >= 0.3 is 0 Å². The second-order valence-electron chi connectivity index (χ2n) is 7.22. The lowest BCUT2D eigenvalue weighted by atomic mass is 10.2. The highest BCUT2D eigenvalue weighted by atomic mass is 35.5. The predicted molar refractivity (Wildman–Crippen MR) is 131 cm³/mol. The molecule has 1 aromatic heterocycles. The van der Waals surface area contributed by atoms with E-state index in [9.17, 15) is 14.9 Å². The van der Waals surface area contributed by atoms with E-state index in [4.69, 9.17) is 16.3 Å². The van der Waals surface area contributed by atoms with Crippen LogP contribution in [0.15, 0.2) is 91.1 Å². The molecule has 0 fully saturated rings. The Bertz CT molecular complexity index is 1330. The molecule has 4 rings (SSSR count). The van der Waals surface area contributed by atoms with Crippen molar-refractivity contribution in [1.29, 1.82) is 0 Å². The van der Waals surface area contributed by atoms with Crippen molar-refractivity contribution in [3.05, 3.63) is 117 Å². The summed E-state index contributed by atoms with van der Waals surface area (Å²) < 4.78 is 5.86. The zero-order chi connectivity index (χ0) is 23.9. The summed E-state index contributed by atoms with van der Waals surface area (Å²) in [7, 11) is 0. The van der Waals surface area contributed by atoms with Crippen LogP contribution in [0.1, 0.15) is 15.9 Å². The number of amides is 1. The molecule has 0 aliphatic heterocycles. The van der Waals surface area contributed by atoms with Crippen LogP contribution >= 0.6 is 11.6 Å². The van der Waals surface area contributed by atoms with E-state index in [2.05, 4.69) is 15.6 Å². The highest BCUT2D eigenvalue weighted by Crippen LogP contribution is 2.24. The third kappa shape index (κ3) is 5.87. The van der Waals surface area contributed by atoms with Gasteiger partial charge in [-0.1, -0.05) is 41.9 Å². The van der Waals surface area contributed by atoms with E-state index in [1.807, 2.05) is 54.6 Å². The second-order valence-corrected chi connectivity index (χ2v) is 7.63. The molecule has 1 heterocycles. The topological polar surface area (TPSA) is 106 Å². The third-order valence-corrected chi connectivity index (χ3v) is 5.10. The van der Waals surface area contributed by atoms with Gasteiger partial charge in [-0.05, 0) is 42.0 Å². The zero-order valence-corrected chi connectivity index (χ0v) is 18.5. The molecule has 3 aromatic carbocycles. The van der Waals surface area contributed by atoms with Crippen LogP contribution in [0, 0.1) is 10.1 Å². The maximum atomic E-state index is 12.6. The monoisotopic (exact) mass is 474 g/mol. The molecule has 0 bridgehead atoms. The van der Waals surface area contributed by atoms with E-state index in [1.165, 1.54) is 12.1 Å². The number of anilines is 2. The van der Waals surface area contributed by atoms with Gasteiger partial charge in [0.1, 0.15) is 17.3 Å². The molecule has 0 saturated carbocycles. The predicted octanol–water partition coefficient (Wildman–Crippen LogP) is 6.30. The van der Waals surface area contributed by atoms with E-state index >= 15 is 0 Å². The summed E-state index contributed by atoms with van der Waals surface area (Å²) in [4.78, 5) is 27.3. The molecular formula is C25H19ClN4O4. The summed E-state index contributed by atoms with van der Waals surface area (Å²) in [6.45, 7) is 0.479. The maximum absolute atomic E-state index is 12.6. The lowest BCUT2D eigenvalue weighted by Crippen LogP contribution is -2.13. The summed E-state index contributed by atoms with van der Waals surface area (Å²) in [6.07, 6.45) is 1.54. The van der Waals surface area contributed by atoms with E-state index in [1.54, 1.807) is 18.3 Å². The van der Waals surface area contributed by atoms with E-state index in [0.29, 0.717) is 23.8 Å². The van der Waals surface area contributed by atoms with Gasteiger partial charge in [0.25, 0.3) is 11.6 Å². The number of hydrogen-bond donors (Lipinski definition) is 2. The number of ether oxygens (including phenoxy) is 1. The van der Waals surface area contributed by atoms with Crippen molar-refractivity contribution in [3.8, 4) is 11.5 Å². The van der Waals surface area contributed by atoms with Gasteiger partial charge in [-0.3, -0.25) is 14.9 Å². The van der Waals surface area contributed by atoms with Crippen molar-refractivity contribution in [2.45, 2.75) is 6.54 Å². The Kier molecular flexibility index (Phi) is 7.00. The van der Waals surface area contributed by atoms with Crippen molar-refractivity contribution in [1.82, 2.24) is 4.98 Å². The van der Waals surface area contributed by atoms with E-state index in [-0.39, 0.29) is 16.3 Å². The Balaban J connectivity index is 1.41. The first-order chi connectivity index (χ1) is 16.5. The molecule has 0 unspecified atom stereocenters. The van der Waals surface area contributed by atoms with Crippen LogP contribution in [-0.2, 0) is 6.54 Å². The Morgan fingerprint density at radius 1 is 0.971 bits per heavy atom. The van der Waals surface area contributed by atoms with Gasteiger partial charge in [0.05, 0.1) is 15.5 Å². The Hall–Kier alpha value is -4.43. The maximum Gasteiger partial charge on any atom is 0.270 e. The standard InChI is InChI=1S/C25H19ClN4O4/c26-23-10-9-19(30(32)33)15-22(23)25(31)29-18-11-12-27-24(14-18)28-16-17-5-4-8-21(13-17)34-20-6-2-1-3-7-20/h1-15H,16H2,(H2,27,28,29,31). The summed E-state index contributed by atoms with van der Waals surface area (Å²) in [6, 6.07) is 24.2. The Morgan fingerprint density at radius 2 is 1.76 bits per heavy atom. The number of carbonyl (C=O) groups excluding carboxylic acids is 1. The van der Waals surface area contributed by atoms with Crippen LogP contribution in [-0.4, -0.2) is 15.8 Å². The summed E-state index contributed by atoms with van der Waals surface area (Å²) in [5.74, 6) is 1.45. The number of para-hydroxylation sites is 1. The van der Waals surface area contributed by atoms with Gasteiger partial charge in [0.2, 0.25) is 0 Å². The molecule has 0 saturated heterocycles. The molecule has 4 aromatic rings. The fourth-order valence-corrected chi connectivity index (χ4v) is 3.34. The second kappa shape index (κ2) is 10.5. The number of nitrogens with zero attached hydrogens (tertiary/aromatic N) is 2. The summed E-state index contributed by atoms with van der Waals surface area (Å²) in [5.41, 5.74) is 1.24. The van der Waals surface area contributed by atoms with Crippen LogP contribution in [0.4, 0.5) is 17.2 Å². The number of aromatic nitrogens is 1. The number of carbonyl (C=O) groups is 1. The number of benzene rings is 3. The largest absolute Gasteiger partial charge is 0.457 e. The average molecular weight is 475 g/mol. The van der Waals surface area contributed by atoms with Crippen LogP contribution in [0.2, 0.25) is 5.02 Å². The number of rotatable bonds is 8.